The summed E-state index contributed by atoms with van der Waals surface area (Å²) in [5.41, 5.74) is 8.93. The molecule has 0 atom stereocenters. The molecule has 1 heterocycles. The second-order valence-corrected chi connectivity index (χ2v) is 5.90. The molecule has 22 heavy (non-hydrogen) atoms. The summed E-state index contributed by atoms with van der Waals surface area (Å²) in [5, 5.41) is 3.23. The number of rotatable bonds is 6. The number of hydrogen-bond acceptors (Lipinski definition) is 5. The minimum atomic E-state index is 0.380. The van der Waals surface area contributed by atoms with Crippen LogP contribution in [0.2, 0.25) is 0 Å². The molecule has 118 valence electrons. The maximum absolute atomic E-state index is 6.10. The fraction of sp³-hybridized carbons (Fsp3) is 0.412. The summed E-state index contributed by atoms with van der Waals surface area (Å²) in [7, 11) is 0. The lowest BCUT2D eigenvalue weighted by atomic mass is 10.1. The average Bonchev–Trinajstić information content (AvgIpc) is 2.46. The topological polar surface area (TPSA) is 73.1 Å². The standard InChI is InChI=1S/C17H24N4O/c1-11(2)7-8-19-16-15(18)17(21-10-20-16)22-14-6-5-12(3)13(4)9-14/h5-6,9-11H,7-8,18H2,1-4H3,(H,19,20,21). The van der Waals surface area contributed by atoms with Gasteiger partial charge in [0.25, 0.3) is 0 Å². The van der Waals surface area contributed by atoms with Crippen molar-refractivity contribution in [2.24, 2.45) is 5.92 Å². The number of hydrogen-bond donors (Lipinski definition) is 2. The molecular weight excluding hydrogens is 276 g/mol. The molecule has 2 rings (SSSR count). The van der Waals surface area contributed by atoms with Gasteiger partial charge in [-0.2, -0.15) is 4.98 Å². The predicted molar refractivity (Wildman–Crippen MR) is 90.4 cm³/mol. The van der Waals surface area contributed by atoms with Gasteiger partial charge in [-0.3, -0.25) is 0 Å². The van der Waals surface area contributed by atoms with Crippen LogP contribution in [0.5, 0.6) is 11.6 Å². The minimum absolute atomic E-state index is 0.380. The Morgan fingerprint density at radius 1 is 1.18 bits per heavy atom. The van der Waals surface area contributed by atoms with E-state index in [-0.39, 0.29) is 0 Å². The Morgan fingerprint density at radius 3 is 2.64 bits per heavy atom. The number of ether oxygens (including phenoxy) is 1. The zero-order chi connectivity index (χ0) is 16.1. The van der Waals surface area contributed by atoms with E-state index in [1.165, 1.54) is 17.5 Å². The third kappa shape index (κ3) is 4.10. The molecule has 0 unspecified atom stereocenters. The molecule has 2 aromatic rings. The van der Waals surface area contributed by atoms with Crippen LogP contribution in [0.15, 0.2) is 24.5 Å². The maximum Gasteiger partial charge on any atom is 0.248 e. The molecule has 1 aromatic heterocycles. The van der Waals surface area contributed by atoms with Gasteiger partial charge in [0, 0.05) is 6.54 Å². The van der Waals surface area contributed by atoms with Gasteiger partial charge in [0.2, 0.25) is 5.88 Å². The fourth-order valence-corrected chi connectivity index (χ4v) is 1.97. The first kappa shape index (κ1) is 16.1. The van der Waals surface area contributed by atoms with Crippen LogP contribution in [0.3, 0.4) is 0 Å². The molecule has 3 N–H and O–H groups in total. The van der Waals surface area contributed by atoms with E-state index in [4.69, 9.17) is 10.5 Å². The fourth-order valence-electron chi connectivity index (χ4n) is 1.97. The van der Waals surface area contributed by atoms with Gasteiger partial charge in [-0.15, -0.1) is 0 Å². The Hall–Kier alpha value is -2.30. The third-order valence-electron chi connectivity index (χ3n) is 3.55. The molecule has 0 saturated heterocycles. The van der Waals surface area contributed by atoms with Crippen molar-refractivity contribution >= 4 is 11.5 Å². The van der Waals surface area contributed by atoms with E-state index in [9.17, 15) is 0 Å². The van der Waals surface area contributed by atoms with Crippen molar-refractivity contribution in [3.63, 3.8) is 0 Å². The predicted octanol–water partition coefficient (Wildman–Crippen LogP) is 3.93. The quantitative estimate of drug-likeness (QED) is 0.845. The lowest BCUT2D eigenvalue weighted by Gasteiger charge is -2.13. The number of benzene rings is 1. The molecule has 5 heteroatoms. The Labute approximate surface area is 131 Å². The zero-order valence-electron chi connectivity index (χ0n) is 13.7. The van der Waals surface area contributed by atoms with Gasteiger partial charge in [-0.05, 0) is 49.4 Å². The molecule has 0 bridgehead atoms. The highest BCUT2D eigenvalue weighted by Crippen LogP contribution is 2.30. The SMILES string of the molecule is Cc1ccc(Oc2ncnc(NCCC(C)C)c2N)cc1C. The Morgan fingerprint density at radius 2 is 1.95 bits per heavy atom. The largest absolute Gasteiger partial charge is 0.437 e. The van der Waals surface area contributed by atoms with Crippen LogP contribution in [0.4, 0.5) is 11.5 Å². The molecule has 0 spiro atoms. The van der Waals surface area contributed by atoms with Gasteiger partial charge in [-0.1, -0.05) is 19.9 Å². The first-order valence-electron chi connectivity index (χ1n) is 7.57. The van der Waals surface area contributed by atoms with Crippen molar-refractivity contribution in [2.75, 3.05) is 17.6 Å². The van der Waals surface area contributed by atoms with E-state index in [1.807, 2.05) is 25.1 Å². The van der Waals surface area contributed by atoms with E-state index in [1.54, 1.807) is 0 Å². The van der Waals surface area contributed by atoms with Crippen LogP contribution in [-0.4, -0.2) is 16.5 Å². The summed E-state index contributed by atoms with van der Waals surface area (Å²) >= 11 is 0. The second kappa shape index (κ2) is 7.11. The Bertz CT molecular complexity index is 641. The third-order valence-corrected chi connectivity index (χ3v) is 3.55. The van der Waals surface area contributed by atoms with Crippen LogP contribution in [0.25, 0.3) is 0 Å². The lowest BCUT2D eigenvalue weighted by molar-refractivity contribution is 0.464. The van der Waals surface area contributed by atoms with Gasteiger partial charge >= 0.3 is 0 Å². The van der Waals surface area contributed by atoms with Crippen molar-refractivity contribution in [1.82, 2.24) is 9.97 Å². The number of nitrogens with zero attached hydrogens (tertiary/aromatic N) is 2. The number of nitrogens with one attached hydrogen (secondary N) is 1. The van der Waals surface area contributed by atoms with Gasteiger partial charge in [0.1, 0.15) is 17.8 Å². The van der Waals surface area contributed by atoms with E-state index < -0.39 is 0 Å². The number of nitrogen functional groups attached to an aromatic ring is 1. The van der Waals surface area contributed by atoms with Gasteiger partial charge in [0.15, 0.2) is 5.82 Å². The minimum Gasteiger partial charge on any atom is -0.437 e. The first-order chi connectivity index (χ1) is 10.5. The maximum atomic E-state index is 6.10. The highest BCUT2D eigenvalue weighted by Gasteiger charge is 2.10. The number of anilines is 2. The Balaban J connectivity index is 2.12. The van der Waals surface area contributed by atoms with E-state index in [2.05, 4.69) is 36.1 Å². The first-order valence-corrected chi connectivity index (χ1v) is 7.57. The summed E-state index contributed by atoms with van der Waals surface area (Å²) < 4.78 is 5.80. The van der Waals surface area contributed by atoms with E-state index in [0.717, 1.165) is 18.7 Å². The highest BCUT2D eigenvalue weighted by atomic mass is 16.5. The van der Waals surface area contributed by atoms with Gasteiger partial charge in [-0.25, -0.2) is 4.98 Å². The van der Waals surface area contributed by atoms with Crippen molar-refractivity contribution in [1.29, 1.82) is 0 Å². The number of nitrogens with two attached hydrogens (primary N) is 1. The summed E-state index contributed by atoms with van der Waals surface area (Å²) in [6.07, 6.45) is 2.52. The second-order valence-electron chi connectivity index (χ2n) is 5.90. The average molecular weight is 300 g/mol. The van der Waals surface area contributed by atoms with Gasteiger partial charge < -0.3 is 15.8 Å². The molecule has 5 nitrogen and oxygen atoms in total. The number of aromatic nitrogens is 2. The van der Waals surface area contributed by atoms with E-state index >= 15 is 0 Å². The zero-order valence-corrected chi connectivity index (χ0v) is 13.7. The van der Waals surface area contributed by atoms with Gasteiger partial charge in [0.05, 0.1) is 0 Å². The molecule has 0 fully saturated rings. The molecule has 1 aromatic carbocycles. The monoisotopic (exact) mass is 300 g/mol. The molecule has 0 amide bonds. The molecule has 0 saturated carbocycles. The van der Waals surface area contributed by atoms with Crippen LogP contribution < -0.4 is 15.8 Å². The number of aryl methyl sites for hydroxylation is 2. The molecule has 0 aliphatic rings. The van der Waals surface area contributed by atoms with Crippen LogP contribution >= 0.6 is 0 Å². The summed E-state index contributed by atoms with van der Waals surface area (Å²) in [4.78, 5) is 8.31. The normalized spacial score (nSPS) is 10.8. The van der Waals surface area contributed by atoms with Crippen LogP contribution in [0.1, 0.15) is 31.4 Å². The van der Waals surface area contributed by atoms with Crippen LogP contribution in [0, 0.1) is 19.8 Å². The summed E-state index contributed by atoms with van der Waals surface area (Å²) in [6, 6.07) is 5.91. The molecular formula is C17H24N4O. The van der Waals surface area contributed by atoms with Crippen molar-refractivity contribution in [2.45, 2.75) is 34.1 Å². The highest BCUT2D eigenvalue weighted by molar-refractivity contribution is 5.66. The molecule has 0 aliphatic heterocycles. The van der Waals surface area contributed by atoms with Crippen molar-refractivity contribution in [3.05, 3.63) is 35.7 Å². The summed E-state index contributed by atoms with van der Waals surface area (Å²) in [5.74, 6) is 2.35. The van der Waals surface area contributed by atoms with Crippen LogP contribution in [-0.2, 0) is 0 Å². The lowest BCUT2D eigenvalue weighted by Crippen LogP contribution is -2.09. The van der Waals surface area contributed by atoms with Crippen molar-refractivity contribution < 1.29 is 4.74 Å². The van der Waals surface area contributed by atoms with E-state index in [0.29, 0.717) is 23.3 Å². The Kier molecular flexibility index (Phi) is 5.20. The molecule has 0 aliphatic carbocycles. The molecule has 0 radical (unpaired) electrons. The smallest absolute Gasteiger partial charge is 0.248 e. The van der Waals surface area contributed by atoms with Crippen molar-refractivity contribution in [3.8, 4) is 11.6 Å². The summed E-state index contributed by atoms with van der Waals surface area (Å²) in [6.45, 7) is 9.29.